The Bertz CT molecular complexity index is 724. The first-order valence-corrected chi connectivity index (χ1v) is 7.97. The van der Waals surface area contributed by atoms with Crippen molar-refractivity contribution in [2.75, 3.05) is 20.8 Å². The summed E-state index contributed by atoms with van der Waals surface area (Å²) in [6.45, 7) is 6.73. The summed E-state index contributed by atoms with van der Waals surface area (Å²) >= 11 is 0. The van der Waals surface area contributed by atoms with E-state index in [-0.39, 0.29) is 12.5 Å². The van der Waals surface area contributed by atoms with E-state index in [2.05, 4.69) is 18.1 Å². The van der Waals surface area contributed by atoms with Crippen LogP contribution in [0.15, 0.2) is 24.3 Å². The Balaban J connectivity index is 2.27. The van der Waals surface area contributed by atoms with E-state index in [1.807, 2.05) is 36.7 Å². The number of aromatic nitrogens is 2. The minimum Gasteiger partial charge on any atom is -0.383 e. The van der Waals surface area contributed by atoms with Crippen molar-refractivity contribution in [1.82, 2.24) is 14.7 Å². The van der Waals surface area contributed by atoms with Crippen molar-refractivity contribution < 1.29 is 9.53 Å². The molecule has 2 N–H and O–H groups in total. The maximum atomic E-state index is 12.3. The van der Waals surface area contributed by atoms with Crippen LogP contribution in [0.25, 0.3) is 5.69 Å². The average Bonchev–Trinajstić information content (AvgIpc) is 2.82. The topological polar surface area (TPSA) is 73.4 Å². The number of hydrogen-bond acceptors (Lipinski definition) is 4. The first kappa shape index (κ1) is 18.2. The van der Waals surface area contributed by atoms with Crippen molar-refractivity contribution in [3.63, 3.8) is 0 Å². The van der Waals surface area contributed by atoms with Gasteiger partial charge in [-0.05, 0) is 32.4 Å². The number of amides is 1. The van der Waals surface area contributed by atoms with Crippen molar-refractivity contribution in [2.24, 2.45) is 5.73 Å². The van der Waals surface area contributed by atoms with E-state index >= 15 is 0 Å². The zero-order valence-electron chi connectivity index (χ0n) is 15.0. The van der Waals surface area contributed by atoms with E-state index in [9.17, 15) is 4.79 Å². The lowest BCUT2D eigenvalue weighted by molar-refractivity contribution is -0.133. The molecule has 6 nitrogen and oxygen atoms in total. The number of carbonyl (C=O) groups is 1. The largest absolute Gasteiger partial charge is 0.383 e. The Kier molecular flexibility index (Phi) is 5.75. The van der Waals surface area contributed by atoms with Crippen molar-refractivity contribution in [3.05, 3.63) is 46.8 Å². The lowest BCUT2D eigenvalue weighted by Gasteiger charge is -2.21. The third-order valence-corrected chi connectivity index (χ3v) is 4.22. The van der Waals surface area contributed by atoms with Gasteiger partial charge in [0.05, 0.1) is 18.0 Å². The fourth-order valence-corrected chi connectivity index (χ4v) is 2.79. The molecule has 0 radical (unpaired) electrons. The number of hydrogen-bond donors (Lipinski definition) is 1. The zero-order chi connectivity index (χ0) is 17.9. The van der Waals surface area contributed by atoms with Gasteiger partial charge in [0.15, 0.2) is 0 Å². The van der Waals surface area contributed by atoms with Crippen LogP contribution in [0.4, 0.5) is 0 Å². The van der Waals surface area contributed by atoms with Gasteiger partial charge < -0.3 is 15.4 Å². The molecule has 1 aromatic carbocycles. The summed E-state index contributed by atoms with van der Waals surface area (Å²) in [5.41, 5.74) is 11.0. The lowest BCUT2D eigenvalue weighted by atomic mass is 10.1. The number of likely N-dealkylation sites (N-methyl/N-ethyl adjacent to an activating group) is 1. The van der Waals surface area contributed by atoms with Gasteiger partial charge in [-0.2, -0.15) is 5.10 Å². The van der Waals surface area contributed by atoms with Gasteiger partial charge in [-0.15, -0.1) is 0 Å². The number of methoxy groups -OCH3 is 1. The van der Waals surface area contributed by atoms with Gasteiger partial charge >= 0.3 is 0 Å². The molecule has 0 fully saturated rings. The minimum atomic E-state index is -0.646. The predicted octanol–water partition coefficient (Wildman–Crippen LogP) is 1.73. The molecular weight excluding hydrogens is 304 g/mol. The SMILES string of the molecule is COCC(N)C(=O)N(C)Cc1c(C)nn(-c2ccccc2C)c1C. The zero-order valence-corrected chi connectivity index (χ0v) is 15.0. The second kappa shape index (κ2) is 7.59. The number of benzene rings is 1. The van der Waals surface area contributed by atoms with Crippen LogP contribution in [-0.4, -0.2) is 47.4 Å². The Morgan fingerprint density at radius 3 is 2.62 bits per heavy atom. The number of nitrogens with zero attached hydrogens (tertiary/aromatic N) is 3. The van der Waals surface area contributed by atoms with E-state index in [4.69, 9.17) is 10.5 Å². The molecule has 0 bridgehead atoms. The van der Waals surface area contributed by atoms with Crippen molar-refractivity contribution in [1.29, 1.82) is 0 Å². The lowest BCUT2D eigenvalue weighted by Crippen LogP contribution is -2.44. The fraction of sp³-hybridized carbons (Fsp3) is 0.444. The third-order valence-electron chi connectivity index (χ3n) is 4.22. The van der Waals surface area contributed by atoms with Crippen LogP contribution in [0.5, 0.6) is 0 Å². The molecule has 0 spiro atoms. The average molecular weight is 330 g/mol. The Morgan fingerprint density at radius 2 is 2.00 bits per heavy atom. The molecule has 130 valence electrons. The fourth-order valence-electron chi connectivity index (χ4n) is 2.79. The van der Waals surface area contributed by atoms with Crippen LogP contribution in [0.3, 0.4) is 0 Å². The van der Waals surface area contributed by atoms with Gasteiger partial charge in [0.2, 0.25) is 5.91 Å². The molecule has 2 rings (SSSR count). The highest BCUT2D eigenvalue weighted by molar-refractivity contribution is 5.81. The Labute approximate surface area is 143 Å². The van der Waals surface area contributed by atoms with Crippen LogP contribution in [0, 0.1) is 20.8 Å². The van der Waals surface area contributed by atoms with E-state index in [1.54, 1.807) is 11.9 Å². The second-order valence-electron chi connectivity index (χ2n) is 6.10. The van der Waals surface area contributed by atoms with Gasteiger partial charge in [-0.1, -0.05) is 18.2 Å². The summed E-state index contributed by atoms with van der Waals surface area (Å²) in [7, 11) is 3.29. The molecule has 0 aliphatic rings. The van der Waals surface area contributed by atoms with Crippen LogP contribution in [0.1, 0.15) is 22.5 Å². The molecule has 24 heavy (non-hydrogen) atoms. The molecule has 1 atom stereocenters. The van der Waals surface area contributed by atoms with Crippen molar-refractivity contribution >= 4 is 5.91 Å². The molecule has 1 heterocycles. The molecule has 1 amide bonds. The highest BCUT2D eigenvalue weighted by atomic mass is 16.5. The molecule has 6 heteroatoms. The summed E-state index contributed by atoms with van der Waals surface area (Å²) in [5, 5.41) is 4.66. The first-order chi connectivity index (χ1) is 11.4. The van der Waals surface area contributed by atoms with Gasteiger partial charge in [0.1, 0.15) is 6.04 Å². The van der Waals surface area contributed by atoms with Crippen LogP contribution >= 0.6 is 0 Å². The highest BCUT2D eigenvalue weighted by Crippen LogP contribution is 2.21. The number of ether oxygens (including phenoxy) is 1. The number of carbonyl (C=O) groups excluding carboxylic acids is 1. The second-order valence-corrected chi connectivity index (χ2v) is 6.10. The summed E-state index contributed by atoms with van der Waals surface area (Å²) in [5.74, 6) is -0.140. The summed E-state index contributed by atoms with van der Waals surface area (Å²) < 4.78 is 6.90. The number of para-hydroxylation sites is 1. The number of rotatable bonds is 6. The molecule has 0 aliphatic heterocycles. The molecule has 1 aromatic heterocycles. The molecule has 0 aliphatic carbocycles. The molecule has 1 unspecified atom stereocenters. The summed E-state index contributed by atoms with van der Waals surface area (Å²) in [4.78, 5) is 13.9. The minimum absolute atomic E-state index is 0.140. The quantitative estimate of drug-likeness (QED) is 0.875. The monoisotopic (exact) mass is 330 g/mol. The van der Waals surface area contributed by atoms with Crippen LogP contribution < -0.4 is 5.73 Å². The maximum absolute atomic E-state index is 12.3. The van der Waals surface area contributed by atoms with E-state index in [1.165, 1.54) is 7.11 Å². The molecule has 0 saturated heterocycles. The van der Waals surface area contributed by atoms with Crippen LogP contribution in [-0.2, 0) is 16.1 Å². The maximum Gasteiger partial charge on any atom is 0.241 e. The summed E-state index contributed by atoms with van der Waals surface area (Å²) in [6, 6.07) is 7.46. The van der Waals surface area contributed by atoms with E-state index < -0.39 is 6.04 Å². The number of aryl methyl sites for hydroxylation is 2. The molecule has 0 saturated carbocycles. The Morgan fingerprint density at radius 1 is 1.33 bits per heavy atom. The highest BCUT2D eigenvalue weighted by Gasteiger charge is 2.21. The smallest absolute Gasteiger partial charge is 0.241 e. The van der Waals surface area contributed by atoms with Gasteiger partial charge in [-0.25, -0.2) is 4.68 Å². The molecular formula is C18H26N4O2. The molecule has 2 aromatic rings. The van der Waals surface area contributed by atoms with Crippen molar-refractivity contribution in [2.45, 2.75) is 33.4 Å². The van der Waals surface area contributed by atoms with Gasteiger partial charge in [0.25, 0.3) is 0 Å². The number of nitrogens with two attached hydrogens (primary N) is 1. The van der Waals surface area contributed by atoms with E-state index in [0.29, 0.717) is 6.54 Å². The van der Waals surface area contributed by atoms with Crippen molar-refractivity contribution in [3.8, 4) is 5.69 Å². The standard InChI is InChI=1S/C18H26N4O2/c1-12-8-6-7-9-17(12)22-14(3)15(13(2)20-22)10-21(4)18(23)16(19)11-24-5/h6-9,16H,10-11,19H2,1-5H3. The van der Waals surface area contributed by atoms with Gasteiger partial charge in [0, 0.05) is 32.0 Å². The first-order valence-electron chi connectivity index (χ1n) is 7.97. The summed E-state index contributed by atoms with van der Waals surface area (Å²) in [6.07, 6.45) is 0. The van der Waals surface area contributed by atoms with Crippen LogP contribution in [0.2, 0.25) is 0 Å². The normalized spacial score (nSPS) is 12.2. The predicted molar refractivity (Wildman–Crippen MR) is 94.1 cm³/mol. The van der Waals surface area contributed by atoms with E-state index in [0.717, 1.165) is 28.2 Å². The Hall–Kier alpha value is -2.18. The van der Waals surface area contributed by atoms with Gasteiger partial charge in [-0.3, -0.25) is 4.79 Å². The third kappa shape index (κ3) is 3.66.